The van der Waals surface area contributed by atoms with E-state index in [1.54, 1.807) is 0 Å². The fraction of sp³-hybridized carbons (Fsp3) is 0.938. The molecule has 0 aromatic carbocycles. The number of hydrogen-bond donors (Lipinski definition) is 1. The molecule has 0 aromatic rings. The maximum absolute atomic E-state index is 12.7. The van der Waals surface area contributed by atoms with Crippen LogP contribution in [0.5, 0.6) is 0 Å². The van der Waals surface area contributed by atoms with Crippen LogP contribution in [0.2, 0.25) is 0 Å². The van der Waals surface area contributed by atoms with Crippen molar-refractivity contribution < 1.29 is 18.0 Å². The van der Waals surface area contributed by atoms with E-state index in [4.69, 9.17) is 0 Å². The topological polar surface area (TPSA) is 38.8 Å². The maximum atomic E-state index is 12.7. The lowest BCUT2D eigenvalue weighted by atomic mass is 9.96. The fourth-order valence-electron chi connectivity index (χ4n) is 4.20. The molecule has 0 aromatic heterocycles. The molecule has 1 amide bonds. The van der Waals surface area contributed by atoms with E-state index in [1.165, 1.54) is 4.90 Å². The average molecular weight is 348 g/mol. The molecule has 3 saturated heterocycles. The summed E-state index contributed by atoms with van der Waals surface area (Å²) < 4.78 is 37.7. The zero-order valence-corrected chi connectivity index (χ0v) is 14.0. The van der Waals surface area contributed by atoms with Crippen molar-refractivity contribution in [2.45, 2.75) is 31.5 Å². The highest BCUT2D eigenvalue weighted by molar-refractivity contribution is 5.79. The summed E-state index contributed by atoms with van der Waals surface area (Å²) in [4.78, 5) is 18.4. The normalized spacial score (nSPS) is 30.7. The molecule has 3 aliphatic rings. The highest BCUT2D eigenvalue weighted by Gasteiger charge is 2.38. The van der Waals surface area contributed by atoms with E-state index < -0.39 is 12.7 Å². The average Bonchev–Trinajstić information content (AvgIpc) is 3.03. The van der Waals surface area contributed by atoms with Gasteiger partial charge in [0, 0.05) is 51.9 Å². The third kappa shape index (κ3) is 4.61. The number of piperidine rings is 1. The van der Waals surface area contributed by atoms with Crippen molar-refractivity contribution in [2.75, 3.05) is 58.9 Å². The van der Waals surface area contributed by atoms with Crippen LogP contribution in [0.15, 0.2) is 0 Å². The van der Waals surface area contributed by atoms with Gasteiger partial charge in [0.15, 0.2) is 0 Å². The predicted octanol–water partition coefficient (Wildman–Crippen LogP) is 0.767. The van der Waals surface area contributed by atoms with Gasteiger partial charge in [0.1, 0.15) is 0 Å². The van der Waals surface area contributed by atoms with Gasteiger partial charge in [0.05, 0.1) is 12.5 Å². The Morgan fingerprint density at radius 3 is 2.50 bits per heavy atom. The fourth-order valence-corrected chi connectivity index (χ4v) is 4.20. The van der Waals surface area contributed by atoms with Crippen molar-refractivity contribution in [3.63, 3.8) is 0 Å². The van der Waals surface area contributed by atoms with Crippen LogP contribution in [0, 0.1) is 5.92 Å². The molecule has 0 saturated carbocycles. The number of hydrogen-bond acceptors (Lipinski definition) is 4. The molecule has 8 heteroatoms. The Morgan fingerprint density at radius 1 is 1.04 bits per heavy atom. The van der Waals surface area contributed by atoms with Gasteiger partial charge in [-0.1, -0.05) is 0 Å². The van der Waals surface area contributed by atoms with Crippen LogP contribution in [0.25, 0.3) is 0 Å². The van der Waals surface area contributed by atoms with Gasteiger partial charge in [-0.15, -0.1) is 0 Å². The molecule has 0 radical (unpaired) electrons. The van der Waals surface area contributed by atoms with Crippen LogP contribution in [0.1, 0.15) is 19.3 Å². The smallest absolute Gasteiger partial charge is 0.341 e. The number of amides is 1. The maximum Gasteiger partial charge on any atom is 0.401 e. The van der Waals surface area contributed by atoms with E-state index in [9.17, 15) is 18.0 Å². The molecule has 0 spiro atoms. The summed E-state index contributed by atoms with van der Waals surface area (Å²) in [5.41, 5.74) is 0. The molecule has 5 nitrogen and oxygen atoms in total. The SMILES string of the molecule is O=C(C1CCCN(CC(F)(F)F)C1)N1CCC(N2CCNCC2)C1. The lowest BCUT2D eigenvalue weighted by Crippen LogP contribution is -2.50. The molecule has 3 fully saturated rings. The quantitative estimate of drug-likeness (QED) is 0.818. The molecule has 1 N–H and O–H groups in total. The summed E-state index contributed by atoms with van der Waals surface area (Å²) >= 11 is 0. The minimum atomic E-state index is -4.19. The zero-order chi connectivity index (χ0) is 17.2. The molecule has 3 rings (SSSR count). The van der Waals surface area contributed by atoms with Crippen LogP contribution in [-0.4, -0.2) is 91.7 Å². The van der Waals surface area contributed by atoms with Gasteiger partial charge in [0.2, 0.25) is 5.91 Å². The second-order valence-corrected chi connectivity index (χ2v) is 7.20. The van der Waals surface area contributed by atoms with Crippen LogP contribution >= 0.6 is 0 Å². The van der Waals surface area contributed by atoms with Crippen LogP contribution in [0.3, 0.4) is 0 Å². The van der Waals surface area contributed by atoms with E-state index in [2.05, 4.69) is 10.2 Å². The molecule has 0 bridgehead atoms. The van der Waals surface area contributed by atoms with E-state index >= 15 is 0 Å². The van der Waals surface area contributed by atoms with Crippen molar-refractivity contribution in [1.82, 2.24) is 20.0 Å². The minimum absolute atomic E-state index is 0.0551. The highest BCUT2D eigenvalue weighted by Crippen LogP contribution is 2.25. The first-order chi connectivity index (χ1) is 11.4. The Bertz CT molecular complexity index is 440. The van der Waals surface area contributed by atoms with Crippen LogP contribution < -0.4 is 5.32 Å². The Morgan fingerprint density at radius 2 is 1.79 bits per heavy atom. The first kappa shape index (κ1) is 17.9. The van der Waals surface area contributed by atoms with Crippen molar-refractivity contribution in [3.8, 4) is 0 Å². The van der Waals surface area contributed by atoms with E-state index in [-0.39, 0.29) is 18.4 Å². The number of carbonyl (C=O) groups is 1. The number of halogens is 3. The zero-order valence-electron chi connectivity index (χ0n) is 14.0. The molecule has 2 unspecified atom stereocenters. The molecule has 24 heavy (non-hydrogen) atoms. The second kappa shape index (κ2) is 7.58. The van der Waals surface area contributed by atoms with Gasteiger partial charge in [-0.2, -0.15) is 13.2 Å². The number of alkyl halides is 3. The Labute approximate surface area is 141 Å². The minimum Gasteiger partial charge on any atom is -0.341 e. The van der Waals surface area contributed by atoms with E-state index in [0.717, 1.165) is 45.7 Å². The summed E-state index contributed by atoms with van der Waals surface area (Å²) in [6.45, 7) is 5.24. The second-order valence-electron chi connectivity index (χ2n) is 7.20. The van der Waals surface area contributed by atoms with Crippen molar-refractivity contribution >= 4 is 5.91 Å². The summed E-state index contributed by atoms with van der Waals surface area (Å²) in [6, 6.07) is 0.408. The Kier molecular flexibility index (Phi) is 5.66. The lowest BCUT2D eigenvalue weighted by Gasteiger charge is -2.35. The van der Waals surface area contributed by atoms with Gasteiger partial charge in [-0.3, -0.25) is 14.6 Å². The highest BCUT2D eigenvalue weighted by atomic mass is 19.4. The third-order valence-corrected chi connectivity index (χ3v) is 5.40. The van der Waals surface area contributed by atoms with E-state index in [0.29, 0.717) is 25.4 Å². The Balaban J connectivity index is 1.50. The summed E-state index contributed by atoms with van der Waals surface area (Å²) in [7, 11) is 0. The van der Waals surface area contributed by atoms with Crippen molar-refractivity contribution in [3.05, 3.63) is 0 Å². The van der Waals surface area contributed by atoms with Crippen molar-refractivity contribution in [1.29, 1.82) is 0 Å². The van der Waals surface area contributed by atoms with Gasteiger partial charge < -0.3 is 10.2 Å². The number of nitrogens with one attached hydrogen (secondary N) is 1. The predicted molar refractivity (Wildman–Crippen MR) is 84.6 cm³/mol. The number of nitrogens with zero attached hydrogens (tertiary/aromatic N) is 3. The number of rotatable bonds is 3. The van der Waals surface area contributed by atoms with Crippen LogP contribution in [0.4, 0.5) is 13.2 Å². The molecule has 2 atom stereocenters. The largest absolute Gasteiger partial charge is 0.401 e. The number of carbonyl (C=O) groups excluding carboxylic acids is 1. The summed E-state index contributed by atoms with van der Waals surface area (Å²) in [5, 5.41) is 3.33. The molecule has 138 valence electrons. The van der Waals surface area contributed by atoms with Crippen molar-refractivity contribution in [2.24, 2.45) is 5.92 Å². The molecule has 0 aliphatic carbocycles. The Hall–Kier alpha value is -0.860. The van der Waals surface area contributed by atoms with Gasteiger partial charge in [-0.25, -0.2) is 0 Å². The van der Waals surface area contributed by atoms with Gasteiger partial charge >= 0.3 is 6.18 Å². The molecule has 3 aliphatic heterocycles. The lowest BCUT2D eigenvalue weighted by molar-refractivity contribution is -0.154. The molecular weight excluding hydrogens is 321 g/mol. The number of likely N-dealkylation sites (tertiary alicyclic amines) is 2. The number of piperazine rings is 1. The third-order valence-electron chi connectivity index (χ3n) is 5.40. The molecule has 3 heterocycles. The standard InChI is InChI=1S/C16H27F3N4O/c17-16(18,19)12-21-6-1-2-13(10-21)15(24)23-7-3-14(11-23)22-8-4-20-5-9-22/h13-14,20H,1-12H2. The van der Waals surface area contributed by atoms with E-state index in [1.807, 2.05) is 4.90 Å². The van der Waals surface area contributed by atoms with Crippen LogP contribution in [-0.2, 0) is 4.79 Å². The molecular formula is C16H27F3N4O. The van der Waals surface area contributed by atoms with Gasteiger partial charge in [0.25, 0.3) is 0 Å². The summed E-state index contributed by atoms with van der Waals surface area (Å²) in [6.07, 6.45) is -1.83. The monoisotopic (exact) mass is 348 g/mol. The first-order valence-electron chi connectivity index (χ1n) is 8.95. The van der Waals surface area contributed by atoms with Gasteiger partial charge in [-0.05, 0) is 25.8 Å². The first-order valence-corrected chi connectivity index (χ1v) is 8.95. The summed E-state index contributed by atoms with van der Waals surface area (Å²) in [5.74, 6) is -0.220.